The Labute approximate surface area is 87.8 Å². The second-order valence-electron chi connectivity index (χ2n) is 6.07. The molecule has 0 amide bonds. The largest absolute Gasteiger partial charge is 0.100 e. The molecule has 0 bridgehead atoms. The minimum atomic E-state index is 0.883. The lowest BCUT2D eigenvalue weighted by molar-refractivity contribution is 0.420. The van der Waals surface area contributed by atoms with Crippen LogP contribution in [0.2, 0.25) is 0 Å². The van der Waals surface area contributed by atoms with Crippen LogP contribution in [0.25, 0.3) is 0 Å². The van der Waals surface area contributed by atoms with Gasteiger partial charge in [0.2, 0.25) is 0 Å². The fraction of sp³-hybridized carbons (Fsp3) is 0.857. The Bertz CT molecular complexity index is 278. The van der Waals surface area contributed by atoms with E-state index in [1.165, 1.54) is 24.8 Å². The van der Waals surface area contributed by atoms with Crippen LogP contribution in [0.15, 0.2) is 12.2 Å². The normalized spacial score (nSPS) is 56.9. The molecule has 3 saturated carbocycles. The van der Waals surface area contributed by atoms with Crippen molar-refractivity contribution >= 4 is 0 Å². The van der Waals surface area contributed by atoms with E-state index in [0.717, 1.165) is 35.0 Å². The molecule has 3 rings (SSSR count). The molecule has 14 heavy (non-hydrogen) atoms. The highest BCUT2D eigenvalue weighted by Crippen LogP contribution is 2.97. The molecule has 3 aliphatic carbocycles. The van der Waals surface area contributed by atoms with Crippen LogP contribution in [-0.2, 0) is 0 Å². The molecular weight excluding hydrogens is 168 g/mol. The molecule has 4 atom stereocenters. The fourth-order valence-corrected chi connectivity index (χ4v) is 4.77. The molecule has 0 aromatic carbocycles. The Hall–Kier alpha value is -0.260. The van der Waals surface area contributed by atoms with Crippen molar-refractivity contribution in [3.8, 4) is 0 Å². The van der Waals surface area contributed by atoms with Crippen LogP contribution in [0.1, 0.15) is 40.0 Å². The Morgan fingerprint density at radius 2 is 1.93 bits per heavy atom. The zero-order valence-electron chi connectivity index (χ0n) is 9.72. The van der Waals surface area contributed by atoms with Gasteiger partial charge in [-0.15, -0.1) is 6.58 Å². The molecule has 0 aromatic heterocycles. The SMILES string of the molecule is C=C(C)CC1C(CCC)C12C1C(C)C12. The van der Waals surface area contributed by atoms with Crippen molar-refractivity contribution in [2.75, 3.05) is 0 Å². The highest BCUT2D eigenvalue weighted by atomic mass is 15.0. The topological polar surface area (TPSA) is 0 Å². The van der Waals surface area contributed by atoms with Gasteiger partial charge in [0.05, 0.1) is 0 Å². The van der Waals surface area contributed by atoms with Crippen molar-refractivity contribution in [3.05, 3.63) is 12.2 Å². The van der Waals surface area contributed by atoms with Gasteiger partial charge in [-0.3, -0.25) is 0 Å². The summed E-state index contributed by atoms with van der Waals surface area (Å²) >= 11 is 0. The van der Waals surface area contributed by atoms with Gasteiger partial charge in [0, 0.05) is 0 Å². The van der Waals surface area contributed by atoms with Crippen LogP contribution in [0, 0.1) is 35.0 Å². The summed E-state index contributed by atoms with van der Waals surface area (Å²) in [4.78, 5) is 0. The third kappa shape index (κ3) is 0.816. The Morgan fingerprint density at radius 1 is 1.29 bits per heavy atom. The molecule has 0 aromatic rings. The standard InChI is InChI=1S/C14H22/c1-5-6-10-11(7-8(2)3)14(10)12-9(4)13(12)14/h9-13H,2,5-7H2,1,3-4H3. The summed E-state index contributed by atoms with van der Waals surface area (Å²) in [5.74, 6) is 5.54. The van der Waals surface area contributed by atoms with Crippen LogP contribution in [-0.4, -0.2) is 0 Å². The lowest BCUT2D eigenvalue weighted by atomic mass is 9.98. The first-order valence-corrected chi connectivity index (χ1v) is 6.30. The second-order valence-corrected chi connectivity index (χ2v) is 6.07. The average Bonchev–Trinajstić information content (AvgIpc) is 3.00. The number of hydrogen-bond donors (Lipinski definition) is 0. The molecule has 0 N–H and O–H groups in total. The van der Waals surface area contributed by atoms with E-state index < -0.39 is 0 Å². The third-order valence-electron chi connectivity index (χ3n) is 5.25. The first kappa shape index (κ1) is 9.00. The van der Waals surface area contributed by atoms with Crippen LogP contribution >= 0.6 is 0 Å². The van der Waals surface area contributed by atoms with E-state index in [9.17, 15) is 0 Å². The van der Waals surface area contributed by atoms with Crippen molar-refractivity contribution in [2.24, 2.45) is 35.0 Å². The third-order valence-corrected chi connectivity index (χ3v) is 5.25. The summed E-state index contributed by atoms with van der Waals surface area (Å²) in [7, 11) is 0. The molecule has 0 nitrogen and oxygen atoms in total. The minimum Gasteiger partial charge on any atom is -0.100 e. The fourth-order valence-electron chi connectivity index (χ4n) is 4.77. The van der Waals surface area contributed by atoms with Gasteiger partial charge in [0.25, 0.3) is 0 Å². The lowest BCUT2D eigenvalue weighted by Gasteiger charge is -2.06. The van der Waals surface area contributed by atoms with Crippen molar-refractivity contribution in [2.45, 2.75) is 40.0 Å². The summed E-state index contributed by atoms with van der Waals surface area (Å²) in [6.07, 6.45) is 4.19. The van der Waals surface area contributed by atoms with Gasteiger partial charge in [-0.1, -0.05) is 25.8 Å². The molecule has 0 heteroatoms. The van der Waals surface area contributed by atoms with Crippen LogP contribution in [0.3, 0.4) is 0 Å². The predicted octanol–water partition coefficient (Wildman–Crippen LogP) is 3.88. The molecule has 3 aliphatic rings. The average molecular weight is 190 g/mol. The first-order valence-electron chi connectivity index (χ1n) is 6.30. The second kappa shape index (κ2) is 2.46. The number of fused-ring (bicyclic) bond motifs is 3. The van der Waals surface area contributed by atoms with E-state index in [2.05, 4.69) is 27.4 Å². The number of allylic oxidation sites excluding steroid dienone is 1. The van der Waals surface area contributed by atoms with Gasteiger partial charge < -0.3 is 0 Å². The van der Waals surface area contributed by atoms with E-state index in [1.807, 2.05) is 0 Å². The van der Waals surface area contributed by atoms with E-state index in [0.29, 0.717) is 0 Å². The van der Waals surface area contributed by atoms with Crippen LogP contribution in [0.4, 0.5) is 0 Å². The van der Waals surface area contributed by atoms with Gasteiger partial charge in [-0.2, -0.15) is 0 Å². The summed E-state index contributed by atoms with van der Waals surface area (Å²) in [5, 5.41) is 0. The van der Waals surface area contributed by atoms with Gasteiger partial charge >= 0.3 is 0 Å². The van der Waals surface area contributed by atoms with Gasteiger partial charge in [0.15, 0.2) is 0 Å². The zero-order valence-corrected chi connectivity index (χ0v) is 9.72. The van der Waals surface area contributed by atoms with E-state index in [-0.39, 0.29) is 0 Å². The molecule has 3 fully saturated rings. The Balaban J connectivity index is 1.66. The van der Waals surface area contributed by atoms with Crippen LogP contribution < -0.4 is 0 Å². The highest BCUT2D eigenvalue weighted by Gasteiger charge is 2.93. The lowest BCUT2D eigenvalue weighted by Crippen LogP contribution is -2.01. The van der Waals surface area contributed by atoms with Crippen LogP contribution in [0.5, 0.6) is 0 Å². The first-order chi connectivity index (χ1) is 6.65. The van der Waals surface area contributed by atoms with Crippen molar-refractivity contribution < 1.29 is 0 Å². The Morgan fingerprint density at radius 3 is 2.36 bits per heavy atom. The summed E-state index contributed by atoms with van der Waals surface area (Å²) in [5.41, 5.74) is 2.29. The van der Waals surface area contributed by atoms with Crippen molar-refractivity contribution in [1.29, 1.82) is 0 Å². The van der Waals surface area contributed by atoms with Gasteiger partial charge in [-0.25, -0.2) is 0 Å². The number of rotatable bonds is 4. The molecule has 78 valence electrons. The molecule has 0 aliphatic heterocycles. The molecular formula is C14H22. The van der Waals surface area contributed by atoms with E-state index >= 15 is 0 Å². The van der Waals surface area contributed by atoms with E-state index in [1.54, 1.807) is 0 Å². The summed E-state index contributed by atoms with van der Waals surface area (Å²) < 4.78 is 0. The molecule has 0 radical (unpaired) electrons. The molecule has 4 unspecified atom stereocenters. The molecule has 1 spiro atoms. The minimum absolute atomic E-state index is 0.883. The summed E-state index contributed by atoms with van der Waals surface area (Å²) in [6, 6.07) is 0. The highest BCUT2D eigenvalue weighted by molar-refractivity contribution is 5.41. The van der Waals surface area contributed by atoms with Gasteiger partial charge in [0.1, 0.15) is 0 Å². The maximum Gasteiger partial charge on any atom is -0.0164 e. The maximum atomic E-state index is 4.08. The van der Waals surface area contributed by atoms with Crippen molar-refractivity contribution in [1.82, 2.24) is 0 Å². The van der Waals surface area contributed by atoms with E-state index in [4.69, 9.17) is 0 Å². The molecule has 0 heterocycles. The molecule has 0 saturated heterocycles. The summed E-state index contributed by atoms with van der Waals surface area (Å²) in [6.45, 7) is 11.1. The maximum absolute atomic E-state index is 4.08. The zero-order chi connectivity index (χ0) is 10.1. The number of hydrogen-bond acceptors (Lipinski definition) is 0. The van der Waals surface area contributed by atoms with Crippen molar-refractivity contribution in [3.63, 3.8) is 0 Å². The van der Waals surface area contributed by atoms with Gasteiger partial charge in [-0.05, 0) is 54.8 Å². The Kier molecular flexibility index (Phi) is 1.58. The smallest absolute Gasteiger partial charge is 0.0164 e. The predicted molar refractivity (Wildman–Crippen MR) is 59.9 cm³/mol. The monoisotopic (exact) mass is 190 g/mol. The quantitative estimate of drug-likeness (QED) is 0.590.